The zero-order chi connectivity index (χ0) is 19.6. The second kappa shape index (κ2) is 7.78. The van der Waals surface area contributed by atoms with Gasteiger partial charge in [-0.1, -0.05) is 61.9 Å². The van der Waals surface area contributed by atoms with Crippen molar-refractivity contribution in [3.8, 4) is 16.9 Å². The average Bonchev–Trinajstić information content (AvgIpc) is 2.67. The predicted octanol–water partition coefficient (Wildman–Crippen LogP) is 4.41. The lowest BCUT2D eigenvalue weighted by atomic mass is 9.90. The highest BCUT2D eigenvalue weighted by atomic mass is 16.3. The minimum absolute atomic E-state index is 0.0161. The summed E-state index contributed by atoms with van der Waals surface area (Å²) >= 11 is 0. The Bertz CT molecular complexity index is 996. The molecule has 0 radical (unpaired) electrons. The van der Waals surface area contributed by atoms with Crippen LogP contribution in [0.5, 0.6) is 5.75 Å². The molecule has 0 fully saturated rings. The zero-order valence-electron chi connectivity index (χ0n) is 16.4. The van der Waals surface area contributed by atoms with E-state index < -0.39 is 0 Å². The lowest BCUT2D eigenvalue weighted by molar-refractivity contribution is 0.458. The third-order valence-corrected chi connectivity index (χ3v) is 4.93. The molecule has 3 rings (SSSR count). The second-order valence-electron chi connectivity index (χ2n) is 6.92. The number of nitrogens with zero attached hydrogens (tertiary/aromatic N) is 2. The highest BCUT2D eigenvalue weighted by Crippen LogP contribution is 2.34. The van der Waals surface area contributed by atoms with E-state index in [1.807, 2.05) is 30.3 Å². The molecule has 2 aromatic carbocycles. The van der Waals surface area contributed by atoms with E-state index >= 15 is 0 Å². The third kappa shape index (κ3) is 3.65. The maximum atomic E-state index is 13.3. The molecule has 0 saturated heterocycles. The fourth-order valence-corrected chi connectivity index (χ4v) is 3.59. The number of hydrogen-bond donors (Lipinski definition) is 1. The topological polar surface area (TPSA) is 55.1 Å². The van der Waals surface area contributed by atoms with Gasteiger partial charge in [0.05, 0.1) is 12.1 Å². The summed E-state index contributed by atoms with van der Waals surface area (Å²) in [5, 5.41) is 15.1. The zero-order valence-corrected chi connectivity index (χ0v) is 16.4. The van der Waals surface area contributed by atoms with Crippen LogP contribution in [-0.4, -0.2) is 14.9 Å². The molecule has 0 saturated carbocycles. The Labute approximate surface area is 160 Å². The maximum absolute atomic E-state index is 13.3. The first-order valence-corrected chi connectivity index (χ1v) is 9.43. The number of aromatic hydroxyl groups is 1. The van der Waals surface area contributed by atoms with Crippen molar-refractivity contribution in [2.75, 3.05) is 0 Å². The quantitative estimate of drug-likeness (QED) is 0.732. The van der Waals surface area contributed by atoms with Crippen LogP contribution in [0.4, 0.5) is 0 Å². The smallest absolute Gasteiger partial charge is 0.278 e. The first-order chi connectivity index (χ1) is 13.0. The highest BCUT2D eigenvalue weighted by Gasteiger charge is 2.21. The first kappa shape index (κ1) is 18.9. The van der Waals surface area contributed by atoms with E-state index in [0.717, 1.165) is 35.1 Å². The molecule has 0 bridgehead atoms. The van der Waals surface area contributed by atoms with E-state index in [1.165, 1.54) is 10.2 Å². The van der Waals surface area contributed by atoms with Gasteiger partial charge in [0.25, 0.3) is 5.56 Å². The van der Waals surface area contributed by atoms with Crippen molar-refractivity contribution >= 4 is 0 Å². The molecule has 0 spiro atoms. The van der Waals surface area contributed by atoms with Crippen molar-refractivity contribution in [3.05, 3.63) is 80.8 Å². The summed E-state index contributed by atoms with van der Waals surface area (Å²) in [6.45, 7) is 8.33. The predicted molar refractivity (Wildman–Crippen MR) is 109 cm³/mol. The van der Waals surface area contributed by atoms with Gasteiger partial charge in [0.1, 0.15) is 5.69 Å². The van der Waals surface area contributed by atoms with Crippen molar-refractivity contribution < 1.29 is 5.11 Å². The van der Waals surface area contributed by atoms with Crippen molar-refractivity contribution in [3.63, 3.8) is 0 Å². The van der Waals surface area contributed by atoms with Crippen molar-refractivity contribution in [2.45, 2.75) is 47.1 Å². The van der Waals surface area contributed by atoms with Gasteiger partial charge >= 0.3 is 0 Å². The molecule has 27 heavy (non-hydrogen) atoms. The minimum atomic E-state index is -0.254. The molecule has 0 unspecified atom stereocenters. The van der Waals surface area contributed by atoms with E-state index in [9.17, 15) is 9.90 Å². The Morgan fingerprint density at radius 3 is 2.11 bits per heavy atom. The lowest BCUT2D eigenvalue weighted by Crippen LogP contribution is -2.26. The molecule has 0 atom stereocenters. The van der Waals surface area contributed by atoms with Crippen molar-refractivity contribution in [2.24, 2.45) is 0 Å². The van der Waals surface area contributed by atoms with Crippen LogP contribution >= 0.6 is 0 Å². The largest absolute Gasteiger partial charge is 0.505 e. The average molecular weight is 362 g/mol. The summed E-state index contributed by atoms with van der Waals surface area (Å²) in [5.41, 5.74) is 5.76. The molecule has 4 heteroatoms. The van der Waals surface area contributed by atoms with Gasteiger partial charge in [-0.15, -0.1) is 0 Å². The van der Waals surface area contributed by atoms with Crippen LogP contribution in [0.15, 0.2) is 47.3 Å². The van der Waals surface area contributed by atoms with Gasteiger partial charge in [0.15, 0.2) is 5.75 Å². The summed E-state index contributed by atoms with van der Waals surface area (Å²) in [6.07, 6.45) is 1.59. The fourth-order valence-electron chi connectivity index (χ4n) is 3.59. The van der Waals surface area contributed by atoms with Gasteiger partial charge < -0.3 is 5.11 Å². The molecule has 0 aliphatic rings. The Morgan fingerprint density at radius 2 is 1.56 bits per heavy atom. The van der Waals surface area contributed by atoms with Crippen LogP contribution in [-0.2, 0) is 19.4 Å². The summed E-state index contributed by atoms with van der Waals surface area (Å²) < 4.78 is 1.46. The van der Waals surface area contributed by atoms with E-state index in [1.54, 1.807) is 6.92 Å². The summed E-state index contributed by atoms with van der Waals surface area (Å²) in [7, 11) is 0. The Hall–Kier alpha value is -2.88. The molecular weight excluding hydrogens is 336 g/mol. The Balaban J connectivity index is 2.27. The normalized spacial score (nSPS) is 11.0. The van der Waals surface area contributed by atoms with Crippen LogP contribution in [0.25, 0.3) is 11.1 Å². The van der Waals surface area contributed by atoms with Crippen LogP contribution < -0.4 is 5.56 Å². The molecule has 3 aromatic rings. The number of aryl methyl sites for hydroxylation is 4. The van der Waals surface area contributed by atoms with Crippen LogP contribution in [0.1, 0.15) is 41.8 Å². The molecule has 4 nitrogen and oxygen atoms in total. The summed E-state index contributed by atoms with van der Waals surface area (Å²) in [6, 6.07) is 14.0. The molecule has 0 amide bonds. The van der Waals surface area contributed by atoms with Crippen molar-refractivity contribution in [1.29, 1.82) is 0 Å². The fraction of sp³-hybridized carbons (Fsp3) is 0.304. The molecule has 140 valence electrons. The summed E-state index contributed by atoms with van der Waals surface area (Å²) in [5.74, 6) is -0.0161. The van der Waals surface area contributed by atoms with E-state index in [2.05, 4.69) is 38.0 Å². The van der Waals surface area contributed by atoms with Gasteiger partial charge in [0, 0.05) is 0 Å². The van der Waals surface area contributed by atoms with Gasteiger partial charge in [-0.05, 0) is 48.9 Å². The number of rotatable bonds is 5. The first-order valence-electron chi connectivity index (χ1n) is 9.43. The number of hydrogen-bond acceptors (Lipinski definition) is 3. The van der Waals surface area contributed by atoms with Crippen LogP contribution in [0.3, 0.4) is 0 Å². The van der Waals surface area contributed by atoms with Gasteiger partial charge in [-0.3, -0.25) is 4.79 Å². The van der Waals surface area contributed by atoms with Crippen molar-refractivity contribution in [1.82, 2.24) is 9.78 Å². The number of benzene rings is 2. The standard InChI is InChI=1S/C23H26N2O2/c1-5-18-12-15(3)13-19(6-2)20(18)21-22(26)16(4)24-25(23(21)27)14-17-10-8-7-9-11-17/h7-13,26H,5-6,14H2,1-4H3. The molecule has 1 aromatic heterocycles. The summed E-state index contributed by atoms with van der Waals surface area (Å²) in [4.78, 5) is 13.3. The third-order valence-electron chi connectivity index (χ3n) is 4.93. The molecule has 1 N–H and O–H groups in total. The van der Waals surface area contributed by atoms with E-state index in [4.69, 9.17) is 0 Å². The van der Waals surface area contributed by atoms with Crippen LogP contribution in [0.2, 0.25) is 0 Å². The molecule has 0 aliphatic heterocycles. The van der Waals surface area contributed by atoms with Gasteiger partial charge in [-0.2, -0.15) is 5.10 Å². The minimum Gasteiger partial charge on any atom is -0.505 e. The van der Waals surface area contributed by atoms with E-state index in [0.29, 0.717) is 17.8 Å². The SMILES string of the molecule is CCc1cc(C)cc(CC)c1-c1c(O)c(C)nn(Cc2ccccc2)c1=O. The Morgan fingerprint density at radius 1 is 0.963 bits per heavy atom. The Kier molecular flexibility index (Phi) is 5.45. The number of aromatic nitrogens is 2. The molecule has 0 aliphatic carbocycles. The lowest BCUT2D eigenvalue weighted by Gasteiger charge is -2.18. The second-order valence-corrected chi connectivity index (χ2v) is 6.92. The maximum Gasteiger partial charge on any atom is 0.278 e. The molecule has 1 heterocycles. The van der Waals surface area contributed by atoms with Crippen LogP contribution in [0, 0.1) is 13.8 Å². The van der Waals surface area contributed by atoms with E-state index in [-0.39, 0.29) is 11.3 Å². The van der Waals surface area contributed by atoms with Gasteiger partial charge in [0.2, 0.25) is 0 Å². The molecular formula is C23H26N2O2. The van der Waals surface area contributed by atoms with Gasteiger partial charge in [-0.25, -0.2) is 4.68 Å². The highest BCUT2D eigenvalue weighted by molar-refractivity contribution is 5.76. The monoisotopic (exact) mass is 362 g/mol.